The number of rotatable bonds is 4. The largest absolute Gasteiger partial charge is 0.380 e. The highest BCUT2D eigenvalue weighted by atomic mass is 79.9. The Morgan fingerprint density at radius 1 is 1.37 bits per heavy atom. The summed E-state index contributed by atoms with van der Waals surface area (Å²) in [6.07, 6.45) is 3.47. The van der Waals surface area contributed by atoms with E-state index in [4.69, 9.17) is 17.3 Å². The molecule has 3 N–H and O–H groups in total. The molecule has 2 aromatic rings. The van der Waals surface area contributed by atoms with Crippen molar-refractivity contribution >= 4 is 39.1 Å². The lowest BCUT2D eigenvalue weighted by molar-refractivity contribution is 0.100. The van der Waals surface area contributed by atoms with Crippen LogP contribution in [0.3, 0.4) is 0 Å². The van der Waals surface area contributed by atoms with Crippen molar-refractivity contribution in [3.8, 4) is 0 Å². The molecule has 0 unspecified atom stereocenters. The van der Waals surface area contributed by atoms with Crippen molar-refractivity contribution in [2.75, 3.05) is 5.32 Å². The molecule has 6 heteroatoms. The van der Waals surface area contributed by atoms with Crippen LogP contribution in [0, 0.1) is 0 Å². The van der Waals surface area contributed by atoms with Gasteiger partial charge in [-0.05, 0) is 45.8 Å². The summed E-state index contributed by atoms with van der Waals surface area (Å²) in [5, 5.41) is 3.69. The molecule has 1 aromatic heterocycles. The molecule has 19 heavy (non-hydrogen) atoms. The topological polar surface area (TPSA) is 68.0 Å². The van der Waals surface area contributed by atoms with Gasteiger partial charge in [-0.15, -0.1) is 0 Å². The van der Waals surface area contributed by atoms with E-state index in [-0.39, 0.29) is 0 Å². The Labute approximate surface area is 124 Å². The maximum atomic E-state index is 11.1. The zero-order valence-electron chi connectivity index (χ0n) is 9.86. The SMILES string of the molecule is NC(=O)c1ccc(Cl)c(NCc2cncc(Br)c2)c1. The van der Waals surface area contributed by atoms with E-state index in [0.29, 0.717) is 22.8 Å². The van der Waals surface area contributed by atoms with Crippen molar-refractivity contribution in [1.29, 1.82) is 0 Å². The van der Waals surface area contributed by atoms with Gasteiger partial charge in [-0.2, -0.15) is 0 Å². The lowest BCUT2D eigenvalue weighted by Crippen LogP contribution is -2.11. The van der Waals surface area contributed by atoms with Crippen LogP contribution in [0.5, 0.6) is 0 Å². The van der Waals surface area contributed by atoms with E-state index in [9.17, 15) is 4.79 Å². The minimum Gasteiger partial charge on any atom is -0.380 e. The third kappa shape index (κ3) is 3.68. The Morgan fingerprint density at radius 2 is 2.16 bits per heavy atom. The molecule has 0 radical (unpaired) electrons. The molecule has 0 aliphatic carbocycles. The van der Waals surface area contributed by atoms with Crippen LogP contribution in [0.25, 0.3) is 0 Å². The first-order chi connectivity index (χ1) is 9.06. The van der Waals surface area contributed by atoms with Gasteiger partial charge >= 0.3 is 0 Å². The van der Waals surface area contributed by atoms with Crippen LogP contribution in [0.15, 0.2) is 41.1 Å². The number of nitrogens with one attached hydrogen (secondary N) is 1. The number of amides is 1. The molecule has 0 aliphatic heterocycles. The van der Waals surface area contributed by atoms with Gasteiger partial charge in [0.05, 0.1) is 10.7 Å². The first kappa shape index (κ1) is 13.8. The standard InChI is InChI=1S/C13H11BrClN3O/c14-10-3-8(5-17-7-10)6-18-12-4-9(13(16)19)1-2-11(12)15/h1-5,7,18H,6H2,(H2,16,19). The van der Waals surface area contributed by atoms with Crippen molar-refractivity contribution in [1.82, 2.24) is 4.98 Å². The van der Waals surface area contributed by atoms with Gasteiger partial charge in [0.1, 0.15) is 0 Å². The second-order valence-electron chi connectivity index (χ2n) is 3.92. The van der Waals surface area contributed by atoms with E-state index >= 15 is 0 Å². The van der Waals surface area contributed by atoms with Gasteiger partial charge in [-0.1, -0.05) is 11.6 Å². The van der Waals surface area contributed by atoms with Crippen molar-refractivity contribution in [2.45, 2.75) is 6.54 Å². The summed E-state index contributed by atoms with van der Waals surface area (Å²) < 4.78 is 0.906. The maximum Gasteiger partial charge on any atom is 0.248 e. The number of carbonyl (C=O) groups is 1. The van der Waals surface area contributed by atoms with Crippen molar-refractivity contribution in [3.05, 3.63) is 57.3 Å². The summed E-state index contributed by atoms with van der Waals surface area (Å²) in [4.78, 5) is 15.2. The van der Waals surface area contributed by atoms with Gasteiger partial charge in [-0.3, -0.25) is 9.78 Å². The number of carbonyl (C=O) groups excluding carboxylic acids is 1. The lowest BCUT2D eigenvalue weighted by Gasteiger charge is -2.09. The number of nitrogens with two attached hydrogens (primary N) is 1. The summed E-state index contributed by atoms with van der Waals surface area (Å²) >= 11 is 9.41. The third-order valence-electron chi connectivity index (χ3n) is 2.50. The number of hydrogen-bond donors (Lipinski definition) is 2. The molecule has 0 fully saturated rings. The molecule has 1 aromatic carbocycles. The minimum atomic E-state index is -0.483. The Hall–Kier alpha value is -1.59. The normalized spacial score (nSPS) is 10.2. The van der Waals surface area contributed by atoms with E-state index < -0.39 is 5.91 Å². The smallest absolute Gasteiger partial charge is 0.248 e. The fraction of sp³-hybridized carbons (Fsp3) is 0.0769. The average Bonchev–Trinajstić information content (AvgIpc) is 2.37. The molecule has 0 saturated heterocycles. The van der Waals surface area contributed by atoms with Crippen LogP contribution >= 0.6 is 27.5 Å². The van der Waals surface area contributed by atoms with E-state index in [1.807, 2.05) is 6.07 Å². The first-order valence-corrected chi connectivity index (χ1v) is 6.66. The Kier molecular flexibility index (Phi) is 4.39. The monoisotopic (exact) mass is 339 g/mol. The number of pyridine rings is 1. The zero-order valence-corrected chi connectivity index (χ0v) is 12.2. The van der Waals surface area contributed by atoms with Gasteiger partial charge in [0.15, 0.2) is 0 Å². The van der Waals surface area contributed by atoms with Gasteiger partial charge in [0.25, 0.3) is 0 Å². The molecule has 0 bridgehead atoms. The summed E-state index contributed by atoms with van der Waals surface area (Å²) in [7, 11) is 0. The summed E-state index contributed by atoms with van der Waals surface area (Å²) in [6, 6.07) is 6.82. The maximum absolute atomic E-state index is 11.1. The average molecular weight is 341 g/mol. The zero-order chi connectivity index (χ0) is 13.8. The molecule has 4 nitrogen and oxygen atoms in total. The molecule has 2 rings (SSSR count). The molecular formula is C13H11BrClN3O. The van der Waals surface area contributed by atoms with Crippen LogP contribution in [0.2, 0.25) is 5.02 Å². The molecule has 0 aliphatic rings. The number of benzene rings is 1. The summed E-state index contributed by atoms with van der Waals surface area (Å²) in [6.45, 7) is 0.550. The van der Waals surface area contributed by atoms with Gasteiger partial charge in [0, 0.05) is 29.0 Å². The van der Waals surface area contributed by atoms with E-state index in [2.05, 4.69) is 26.2 Å². The van der Waals surface area contributed by atoms with E-state index in [1.165, 1.54) is 0 Å². The number of anilines is 1. The molecule has 0 atom stereocenters. The fourth-order valence-electron chi connectivity index (χ4n) is 1.56. The number of nitrogens with zero attached hydrogens (tertiary/aromatic N) is 1. The van der Waals surface area contributed by atoms with Gasteiger partial charge < -0.3 is 11.1 Å². The highest BCUT2D eigenvalue weighted by Gasteiger charge is 2.06. The quantitative estimate of drug-likeness (QED) is 0.898. The Morgan fingerprint density at radius 3 is 2.84 bits per heavy atom. The van der Waals surface area contributed by atoms with Crippen LogP contribution in [-0.2, 0) is 6.54 Å². The highest BCUT2D eigenvalue weighted by molar-refractivity contribution is 9.10. The molecule has 0 saturated carbocycles. The second kappa shape index (κ2) is 6.04. The van der Waals surface area contributed by atoms with Crippen LogP contribution < -0.4 is 11.1 Å². The lowest BCUT2D eigenvalue weighted by atomic mass is 10.2. The number of aromatic nitrogens is 1. The molecule has 1 amide bonds. The van der Waals surface area contributed by atoms with E-state index in [0.717, 1.165) is 10.0 Å². The Bertz CT molecular complexity index is 619. The van der Waals surface area contributed by atoms with Crippen molar-refractivity contribution in [2.24, 2.45) is 5.73 Å². The number of hydrogen-bond acceptors (Lipinski definition) is 3. The first-order valence-electron chi connectivity index (χ1n) is 5.49. The molecule has 98 valence electrons. The van der Waals surface area contributed by atoms with Gasteiger partial charge in [-0.25, -0.2) is 0 Å². The van der Waals surface area contributed by atoms with Crippen molar-refractivity contribution < 1.29 is 4.79 Å². The minimum absolute atomic E-state index is 0.416. The molecule has 0 spiro atoms. The predicted octanol–water partition coefficient (Wildman–Crippen LogP) is 3.21. The summed E-state index contributed by atoms with van der Waals surface area (Å²) in [5.41, 5.74) is 7.31. The second-order valence-corrected chi connectivity index (χ2v) is 5.25. The van der Waals surface area contributed by atoms with Crippen LogP contribution in [-0.4, -0.2) is 10.9 Å². The van der Waals surface area contributed by atoms with Crippen LogP contribution in [0.1, 0.15) is 15.9 Å². The predicted molar refractivity (Wildman–Crippen MR) is 79.2 cm³/mol. The number of primary amides is 1. The highest BCUT2D eigenvalue weighted by Crippen LogP contribution is 2.23. The third-order valence-corrected chi connectivity index (χ3v) is 3.26. The van der Waals surface area contributed by atoms with Crippen LogP contribution in [0.4, 0.5) is 5.69 Å². The van der Waals surface area contributed by atoms with E-state index in [1.54, 1.807) is 30.6 Å². The Balaban J connectivity index is 2.15. The number of halogens is 2. The summed E-state index contributed by atoms with van der Waals surface area (Å²) in [5.74, 6) is -0.483. The molecule has 1 heterocycles. The van der Waals surface area contributed by atoms with Gasteiger partial charge in [0.2, 0.25) is 5.91 Å². The molecular weight excluding hydrogens is 330 g/mol. The van der Waals surface area contributed by atoms with Crippen molar-refractivity contribution in [3.63, 3.8) is 0 Å². The fourth-order valence-corrected chi connectivity index (χ4v) is 2.16.